The van der Waals surface area contributed by atoms with Crippen LogP contribution >= 0.6 is 0 Å². The number of nitrogens with two attached hydrogens (primary N) is 1. The summed E-state index contributed by atoms with van der Waals surface area (Å²) in [6.07, 6.45) is 6.73. The summed E-state index contributed by atoms with van der Waals surface area (Å²) < 4.78 is 10.9. The number of hydrogen-bond donors (Lipinski definition) is 1. The monoisotopic (exact) mass is 263 g/mol. The van der Waals surface area contributed by atoms with Gasteiger partial charge in [-0.25, -0.2) is 0 Å². The Balaban J connectivity index is 2.17. The molecule has 106 valence electrons. The molecule has 1 fully saturated rings. The molecule has 0 radical (unpaired) electrons. The van der Waals surface area contributed by atoms with Gasteiger partial charge in [0.25, 0.3) is 0 Å². The molecule has 0 heterocycles. The van der Waals surface area contributed by atoms with Crippen molar-refractivity contribution in [2.24, 2.45) is 5.73 Å². The molecule has 1 saturated carbocycles. The lowest BCUT2D eigenvalue weighted by Crippen LogP contribution is -2.38. The molecular formula is C16H25NO2. The highest BCUT2D eigenvalue weighted by molar-refractivity contribution is 5.28. The fourth-order valence-corrected chi connectivity index (χ4v) is 3.05. The van der Waals surface area contributed by atoms with Gasteiger partial charge in [0.1, 0.15) is 0 Å². The molecule has 0 unspecified atom stereocenters. The fourth-order valence-electron chi connectivity index (χ4n) is 3.05. The lowest BCUT2D eigenvalue weighted by Gasteiger charge is -2.30. The standard InChI is InChI=1S/C16H25NO2/c1-18-16(12-17,19-2)15-10-8-14(9-11-15)13-6-4-3-5-7-13/h8-11,13H,3-7,12,17H2,1-2H3. The summed E-state index contributed by atoms with van der Waals surface area (Å²) in [5.74, 6) is -0.0920. The second-order valence-electron chi connectivity index (χ2n) is 5.32. The summed E-state index contributed by atoms with van der Waals surface area (Å²) in [6, 6.07) is 8.58. The van der Waals surface area contributed by atoms with Crippen LogP contribution in [0.2, 0.25) is 0 Å². The summed E-state index contributed by atoms with van der Waals surface area (Å²) in [6.45, 7) is 0.308. The largest absolute Gasteiger partial charge is 0.348 e. The van der Waals surface area contributed by atoms with Gasteiger partial charge in [0.05, 0.1) is 6.54 Å². The van der Waals surface area contributed by atoms with Gasteiger partial charge in [0, 0.05) is 19.8 Å². The maximum absolute atomic E-state index is 5.79. The predicted molar refractivity (Wildman–Crippen MR) is 77.0 cm³/mol. The molecule has 2 rings (SSSR count). The lowest BCUT2D eigenvalue weighted by atomic mass is 9.83. The number of benzene rings is 1. The second kappa shape index (κ2) is 6.51. The van der Waals surface area contributed by atoms with E-state index in [2.05, 4.69) is 24.3 Å². The van der Waals surface area contributed by atoms with E-state index in [4.69, 9.17) is 15.2 Å². The molecule has 0 aliphatic heterocycles. The van der Waals surface area contributed by atoms with Crippen LogP contribution in [0, 0.1) is 0 Å². The highest BCUT2D eigenvalue weighted by atomic mass is 16.7. The molecule has 0 spiro atoms. The van der Waals surface area contributed by atoms with Gasteiger partial charge in [0.2, 0.25) is 5.79 Å². The van der Waals surface area contributed by atoms with E-state index in [0.717, 1.165) is 11.5 Å². The molecule has 0 atom stereocenters. The lowest BCUT2D eigenvalue weighted by molar-refractivity contribution is -0.207. The quantitative estimate of drug-likeness (QED) is 0.830. The fraction of sp³-hybridized carbons (Fsp3) is 0.625. The Morgan fingerprint density at radius 2 is 1.63 bits per heavy atom. The zero-order valence-electron chi connectivity index (χ0n) is 12.0. The number of ether oxygens (including phenoxy) is 2. The summed E-state index contributed by atoms with van der Waals surface area (Å²) in [7, 11) is 3.26. The van der Waals surface area contributed by atoms with Gasteiger partial charge < -0.3 is 15.2 Å². The van der Waals surface area contributed by atoms with E-state index >= 15 is 0 Å². The van der Waals surface area contributed by atoms with Gasteiger partial charge in [0.15, 0.2) is 0 Å². The Kier molecular flexibility index (Phi) is 4.97. The molecular weight excluding hydrogens is 238 g/mol. The Morgan fingerprint density at radius 1 is 1.05 bits per heavy atom. The van der Waals surface area contributed by atoms with Crippen LogP contribution in [-0.2, 0) is 15.3 Å². The van der Waals surface area contributed by atoms with Crippen LogP contribution in [0.4, 0.5) is 0 Å². The highest BCUT2D eigenvalue weighted by Crippen LogP contribution is 2.34. The summed E-state index contributed by atoms with van der Waals surface area (Å²) in [5.41, 5.74) is 8.21. The van der Waals surface area contributed by atoms with Crippen molar-refractivity contribution in [1.82, 2.24) is 0 Å². The average molecular weight is 263 g/mol. The zero-order chi connectivity index (χ0) is 13.7. The first-order valence-electron chi connectivity index (χ1n) is 7.16. The molecule has 1 aliphatic carbocycles. The van der Waals surface area contributed by atoms with E-state index in [1.165, 1.54) is 37.7 Å². The van der Waals surface area contributed by atoms with Crippen LogP contribution < -0.4 is 5.73 Å². The molecule has 0 saturated heterocycles. The minimum Gasteiger partial charge on any atom is -0.348 e. The summed E-state index contributed by atoms with van der Waals surface area (Å²) >= 11 is 0. The second-order valence-corrected chi connectivity index (χ2v) is 5.32. The van der Waals surface area contributed by atoms with E-state index < -0.39 is 5.79 Å². The Bertz CT molecular complexity index is 370. The van der Waals surface area contributed by atoms with Crippen molar-refractivity contribution >= 4 is 0 Å². The van der Waals surface area contributed by atoms with Crippen LogP contribution in [0.5, 0.6) is 0 Å². The Labute approximate surface area is 116 Å². The third kappa shape index (κ3) is 2.99. The van der Waals surface area contributed by atoms with Crippen LogP contribution in [0.15, 0.2) is 24.3 Å². The minimum absolute atomic E-state index is 0.308. The molecule has 3 nitrogen and oxygen atoms in total. The topological polar surface area (TPSA) is 44.5 Å². The molecule has 1 aromatic carbocycles. The van der Waals surface area contributed by atoms with Crippen molar-refractivity contribution < 1.29 is 9.47 Å². The first-order chi connectivity index (χ1) is 9.25. The van der Waals surface area contributed by atoms with E-state index in [1.54, 1.807) is 14.2 Å². The van der Waals surface area contributed by atoms with Gasteiger partial charge in [-0.1, -0.05) is 43.5 Å². The molecule has 1 aliphatic rings. The SMILES string of the molecule is COC(CN)(OC)c1ccc(C2CCCCC2)cc1. The van der Waals surface area contributed by atoms with Crippen molar-refractivity contribution in [3.63, 3.8) is 0 Å². The Morgan fingerprint density at radius 3 is 2.11 bits per heavy atom. The van der Waals surface area contributed by atoms with E-state index in [9.17, 15) is 0 Å². The van der Waals surface area contributed by atoms with E-state index in [0.29, 0.717) is 6.54 Å². The minimum atomic E-state index is -0.814. The molecule has 19 heavy (non-hydrogen) atoms. The first kappa shape index (κ1) is 14.5. The van der Waals surface area contributed by atoms with E-state index in [-0.39, 0.29) is 0 Å². The van der Waals surface area contributed by atoms with Crippen molar-refractivity contribution in [2.75, 3.05) is 20.8 Å². The highest BCUT2D eigenvalue weighted by Gasteiger charge is 2.30. The van der Waals surface area contributed by atoms with Crippen LogP contribution in [0.1, 0.15) is 49.1 Å². The van der Waals surface area contributed by atoms with Gasteiger partial charge in [-0.3, -0.25) is 0 Å². The first-order valence-corrected chi connectivity index (χ1v) is 7.16. The van der Waals surface area contributed by atoms with Crippen molar-refractivity contribution in [1.29, 1.82) is 0 Å². The molecule has 2 N–H and O–H groups in total. The maximum atomic E-state index is 5.79. The van der Waals surface area contributed by atoms with Crippen molar-refractivity contribution in [2.45, 2.75) is 43.8 Å². The van der Waals surface area contributed by atoms with Gasteiger partial charge in [-0.15, -0.1) is 0 Å². The van der Waals surface area contributed by atoms with Crippen molar-refractivity contribution in [3.8, 4) is 0 Å². The van der Waals surface area contributed by atoms with Gasteiger partial charge in [-0.2, -0.15) is 0 Å². The normalized spacial score (nSPS) is 17.6. The third-order valence-electron chi connectivity index (χ3n) is 4.36. The van der Waals surface area contributed by atoms with Crippen LogP contribution in [0.25, 0.3) is 0 Å². The van der Waals surface area contributed by atoms with Gasteiger partial charge in [-0.05, 0) is 24.3 Å². The van der Waals surface area contributed by atoms with E-state index in [1.807, 2.05) is 0 Å². The number of methoxy groups -OCH3 is 2. The molecule has 0 aromatic heterocycles. The molecule has 0 bridgehead atoms. The Hall–Kier alpha value is -0.900. The number of hydrogen-bond acceptors (Lipinski definition) is 3. The zero-order valence-corrected chi connectivity index (χ0v) is 12.0. The smallest absolute Gasteiger partial charge is 0.207 e. The summed E-state index contributed by atoms with van der Waals surface area (Å²) in [5, 5.41) is 0. The average Bonchev–Trinajstić information content (AvgIpc) is 2.51. The van der Waals surface area contributed by atoms with Crippen LogP contribution in [0.3, 0.4) is 0 Å². The number of rotatable bonds is 5. The summed E-state index contributed by atoms with van der Waals surface area (Å²) in [4.78, 5) is 0. The van der Waals surface area contributed by atoms with Gasteiger partial charge >= 0.3 is 0 Å². The maximum Gasteiger partial charge on any atom is 0.207 e. The molecule has 3 heteroatoms. The van der Waals surface area contributed by atoms with Crippen LogP contribution in [-0.4, -0.2) is 20.8 Å². The molecule has 1 aromatic rings. The molecule has 0 amide bonds. The van der Waals surface area contributed by atoms with Crippen molar-refractivity contribution in [3.05, 3.63) is 35.4 Å². The predicted octanol–water partition coefficient (Wildman–Crippen LogP) is 3.14. The third-order valence-corrected chi connectivity index (χ3v) is 4.36.